The molecule has 0 bridgehead atoms. The first-order chi connectivity index (χ1) is 14.7. The predicted molar refractivity (Wildman–Crippen MR) is 118 cm³/mol. The first-order valence-corrected chi connectivity index (χ1v) is 9.95. The average molecular weight is 400 g/mol. The Morgan fingerprint density at radius 2 is 1.73 bits per heavy atom. The molecule has 0 fully saturated rings. The molecule has 0 aliphatic carbocycles. The minimum atomic E-state index is -0.385. The summed E-state index contributed by atoms with van der Waals surface area (Å²) in [5, 5.41) is 23.1. The van der Waals surface area contributed by atoms with Crippen molar-refractivity contribution in [2.45, 2.75) is 19.1 Å². The van der Waals surface area contributed by atoms with E-state index in [4.69, 9.17) is 0 Å². The minimum absolute atomic E-state index is 0.00169. The number of hydrogen-bond donors (Lipinski definition) is 4. The molecule has 1 atom stereocenters. The summed E-state index contributed by atoms with van der Waals surface area (Å²) in [4.78, 5) is 16.1. The highest BCUT2D eigenvalue weighted by Gasteiger charge is 2.16. The van der Waals surface area contributed by atoms with Gasteiger partial charge in [0.25, 0.3) is 5.91 Å². The maximum atomic E-state index is 12.8. The van der Waals surface area contributed by atoms with E-state index in [0.717, 1.165) is 33.2 Å². The fourth-order valence-corrected chi connectivity index (χ4v) is 3.64. The number of aromatic amines is 1. The van der Waals surface area contributed by atoms with Gasteiger partial charge in [0, 0.05) is 22.7 Å². The molecule has 30 heavy (non-hydrogen) atoms. The van der Waals surface area contributed by atoms with Crippen LogP contribution in [0.25, 0.3) is 22.0 Å². The number of aliphatic hydroxyl groups excluding tert-OH is 2. The molecule has 0 saturated carbocycles. The lowest BCUT2D eigenvalue weighted by Gasteiger charge is -2.16. The van der Waals surface area contributed by atoms with Crippen molar-refractivity contribution >= 4 is 16.8 Å². The number of hydrogen-bond acceptors (Lipinski definition) is 3. The van der Waals surface area contributed by atoms with Crippen LogP contribution < -0.4 is 5.32 Å². The van der Waals surface area contributed by atoms with Crippen LogP contribution in [-0.2, 0) is 13.0 Å². The average Bonchev–Trinajstić information content (AvgIpc) is 3.21. The first-order valence-electron chi connectivity index (χ1n) is 9.95. The van der Waals surface area contributed by atoms with Crippen molar-refractivity contribution < 1.29 is 15.0 Å². The van der Waals surface area contributed by atoms with Crippen molar-refractivity contribution in [3.63, 3.8) is 0 Å². The maximum Gasteiger partial charge on any atom is 0.251 e. The first kappa shape index (κ1) is 19.9. The molecule has 0 aliphatic rings. The fraction of sp³-hybridized carbons (Fsp3) is 0.160. The lowest BCUT2D eigenvalue weighted by atomic mass is 10.0. The molecule has 0 radical (unpaired) electrons. The quantitative estimate of drug-likeness (QED) is 0.382. The summed E-state index contributed by atoms with van der Waals surface area (Å²) in [6, 6.07) is 22.6. The van der Waals surface area contributed by atoms with Crippen LogP contribution in [0, 0.1) is 0 Å². The zero-order chi connectivity index (χ0) is 20.9. The Morgan fingerprint density at radius 3 is 2.50 bits per heavy atom. The van der Waals surface area contributed by atoms with Crippen LogP contribution in [0.3, 0.4) is 0 Å². The lowest BCUT2D eigenvalue weighted by molar-refractivity contribution is 0.0916. The van der Waals surface area contributed by atoms with E-state index in [9.17, 15) is 15.0 Å². The van der Waals surface area contributed by atoms with E-state index in [0.29, 0.717) is 12.0 Å². The Bertz CT molecular complexity index is 1150. The molecule has 1 amide bonds. The molecule has 5 nitrogen and oxygen atoms in total. The van der Waals surface area contributed by atoms with E-state index in [1.807, 2.05) is 72.9 Å². The molecule has 3 aromatic carbocycles. The van der Waals surface area contributed by atoms with Gasteiger partial charge in [0.1, 0.15) is 0 Å². The number of benzene rings is 3. The van der Waals surface area contributed by atoms with Crippen molar-refractivity contribution in [3.05, 3.63) is 95.7 Å². The van der Waals surface area contributed by atoms with Gasteiger partial charge in [-0.2, -0.15) is 0 Å². The molecule has 4 aromatic rings. The van der Waals surface area contributed by atoms with Gasteiger partial charge in [0.15, 0.2) is 0 Å². The van der Waals surface area contributed by atoms with E-state index in [1.165, 1.54) is 0 Å². The third-order valence-corrected chi connectivity index (χ3v) is 5.29. The van der Waals surface area contributed by atoms with Gasteiger partial charge < -0.3 is 20.5 Å². The standard InChI is InChI=1S/C25H24N2O3/c28-15-17-8-10-18(11-9-17)19-4-3-5-20(12-19)25(30)27-22(16-29)13-21-14-26-24-7-2-1-6-23(21)24/h1-12,14,22,26,28-29H,13,15-16H2,(H,27,30)/t22-/m1/s1. The third-order valence-electron chi connectivity index (χ3n) is 5.29. The molecular weight excluding hydrogens is 376 g/mol. The summed E-state index contributed by atoms with van der Waals surface area (Å²) in [7, 11) is 0. The third kappa shape index (κ3) is 4.27. The van der Waals surface area contributed by atoms with E-state index in [2.05, 4.69) is 10.3 Å². The number of carbonyl (C=O) groups excluding carboxylic acids is 1. The number of aromatic nitrogens is 1. The van der Waals surface area contributed by atoms with E-state index in [1.54, 1.807) is 6.07 Å². The molecular formula is C25H24N2O3. The van der Waals surface area contributed by atoms with Crippen LogP contribution in [0.4, 0.5) is 0 Å². The van der Waals surface area contributed by atoms with Gasteiger partial charge >= 0.3 is 0 Å². The summed E-state index contributed by atoms with van der Waals surface area (Å²) in [6.07, 6.45) is 2.46. The number of amides is 1. The summed E-state index contributed by atoms with van der Waals surface area (Å²) >= 11 is 0. The minimum Gasteiger partial charge on any atom is -0.394 e. The van der Waals surface area contributed by atoms with Gasteiger partial charge in [-0.15, -0.1) is 0 Å². The number of para-hydroxylation sites is 1. The smallest absolute Gasteiger partial charge is 0.251 e. The number of carbonyl (C=O) groups is 1. The van der Waals surface area contributed by atoms with Crippen LogP contribution in [0.5, 0.6) is 0 Å². The maximum absolute atomic E-state index is 12.8. The molecule has 152 valence electrons. The number of aliphatic hydroxyl groups is 2. The van der Waals surface area contributed by atoms with Crippen LogP contribution in [0.2, 0.25) is 0 Å². The summed E-state index contributed by atoms with van der Waals surface area (Å²) < 4.78 is 0. The van der Waals surface area contributed by atoms with E-state index < -0.39 is 0 Å². The second-order valence-electron chi connectivity index (χ2n) is 7.35. The van der Waals surface area contributed by atoms with Crippen molar-refractivity contribution in [2.24, 2.45) is 0 Å². The van der Waals surface area contributed by atoms with Gasteiger partial charge in [0.2, 0.25) is 0 Å². The van der Waals surface area contributed by atoms with Gasteiger partial charge in [-0.1, -0.05) is 54.6 Å². The highest BCUT2D eigenvalue weighted by atomic mass is 16.3. The summed E-state index contributed by atoms with van der Waals surface area (Å²) in [5.41, 5.74) is 5.37. The highest BCUT2D eigenvalue weighted by Crippen LogP contribution is 2.22. The molecule has 0 unspecified atom stereocenters. The van der Waals surface area contributed by atoms with Crippen molar-refractivity contribution in [1.82, 2.24) is 10.3 Å². The number of nitrogens with one attached hydrogen (secondary N) is 2. The number of fused-ring (bicyclic) bond motifs is 1. The van der Waals surface area contributed by atoms with Crippen LogP contribution in [0.1, 0.15) is 21.5 Å². The lowest BCUT2D eigenvalue weighted by Crippen LogP contribution is -2.39. The van der Waals surface area contributed by atoms with Crippen LogP contribution in [0.15, 0.2) is 79.0 Å². The predicted octanol–water partition coefficient (Wildman–Crippen LogP) is 3.66. The normalized spacial score (nSPS) is 12.1. The molecule has 4 N–H and O–H groups in total. The Labute approximate surface area is 175 Å². The molecule has 5 heteroatoms. The molecule has 1 aromatic heterocycles. The topological polar surface area (TPSA) is 85.4 Å². The largest absolute Gasteiger partial charge is 0.394 e. The van der Waals surface area contributed by atoms with Crippen LogP contribution in [-0.4, -0.2) is 33.8 Å². The van der Waals surface area contributed by atoms with Crippen molar-refractivity contribution in [2.75, 3.05) is 6.61 Å². The Morgan fingerprint density at radius 1 is 0.933 bits per heavy atom. The van der Waals surface area contributed by atoms with Gasteiger partial charge in [-0.05, 0) is 46.9 Å². The number of H-pyrrole nitrogens is 1. The highest BCUT2D eigenvalue weighted by molar-refractivity contribution is 5.95. The van der Waals surface area contributed by atoms with Crippen LogP contribution >= 0.6 is 0 Å². The zero-order valence-electron chi connectivity index (χ0n) is 16.5. The molecule has 0 spiro atoms. The summed E-state index contributed by atoms with van der Waals surface area (Å²) in [5.74, 6) is -0.220. The SMILES string of the molecule is O=C(N[C@@H](CO)Cc1c[nH]c2ccccc12)c1cccc(-c2ccc(CO)cc2)c1. The fourth-order valence-electron chi connectivity index (χ4n) is 3.64. The second kappa shape index (κ2) is 8.95. The van der Waals surface area contributed by atoms with E-state index >= 15 is 0 Å². The molecule has 0 aliphatic heterocycles. The summed E-state index contributed by atoms with van der Waals surface area (Å²) in [6.45, 7) is -0.144. The Kier molecular flexibility index (Phi) is 5.93. The second-order valence-corrected chi connectivity index (χ2v) is 7.35. The Balaban J connectivity index is 1.49. The van der Waals surface area contributed by atoms with Gasteiger partial charge in [-0.25, -0.2) is 0 Å². The van der Waals surface area contributed by atoms with Gasteiger partial charge in [0.05, 0.1) is 19.3 Å². The van der Waals surface area contributed by atoms with E-state index in [-0.39, 0.29) is 25.2 Å². The molecule has 1 heterocycles. The van der Waals surface area contributed by atoms with Crippen molar-refractivity contribution in [3.8, 4) is 11.1 Å². The molecule has 0 saturated heterocycles. The molecule has 4 rings (SSSR count). The zero-order valence-corrected chi connectivity index (χ0v) is 16.5. The number of rotatable bonds is 7. The van der Waals surface area contributed by atoms with Gasteiger partial charge in [-0.3, -0.25) is 4.79 Å². The monoisotopic (exact) mass is 400 g/mol. The van der Waals surface area contributed by atoms with Crippen molar-refractivity contribution in [1.29, 1.82) is 0 Å². The Hall–Kier alpha value is -3.41.